The molecule has 1 amide bonds. The normalized spacial score (nSPS) is 10.7. The second-order valence-corrected chi connectivity index (χ2v) is 5.54. The van der Waals surface area contributed by atoms with E-state index >= 15 is 0 Å². The fraction of sp³-hybridized carbons (Fsp3) is 0.200. The monoisotopic (exact) mass is 334 g/mol. The van der Waals surface area contributed by atoms with Gasteiger partial charge in [0.1, 0.15) is 0 Å². The first-order valence-corrected chi connectivity index (χ1v) is 7.97. The van der Waals surface area contributed by atoms with Gasteiger partial charge in [0.25, 0.3) is 0 Å². The molecule has 0 aromatic heterocycles. The van der Waals surface area contributed by atoms with E-state index in [0.717, 1.165) is 11.1 Å². The molecule has 0 saturated carbocycles. The second-order valence-electron chi connectivity index (χ2n) is 5.54. The van der Waals surface area contributed by atoms with E-state index in [2.05, 4.69) is 58.1 Å². The molecular formula is C20H22N4O. The van der Waals surface area contributed by atoms with Crippen LogP contribution in [0.3, 0.4) is 0 Å². The van der Waals surface area contributed by atoms with Gasteiger partial charge in [-0.15, -0.1) is 6.42 Å². The molecule has 0 saturated heterocycles. The van der Waals surface area contributed by atoms with E-state index in [1.54, 1.807) is 25.2 Å². The number of anilines is 1. The molecule has 2 aromatic carbocycles. The third-order valence-corrected chi connectivity index (χ3v) is 3.53. The summed E-state index contributed by atoms with van der Waals surface area (Å²) in [6.07, 6.45) is 5.36. The van der Waals surface area contributed by atoms with E-state index in [0.29, 0.717) is 18.2 Å². The number of hydrogen-bond acceptors (Lipinski definition) is 2. The van der Waals surface area contributed by atoms with Crippen LogP contribution >= 0.6 is 0 Å². The van der Waals surface area contributed by atoms with Crippen molar-refractivity contribution in [1.29, 1.82) is 0 Å². The van der Waals surface area contributed by atoms with Crippen molar-refractivity contribution in [3.05, 3.63) is 65.2 Å². The van der Waals surface area contributed by atoms with Crippen molar-refractivity contribution in [1.82, 2.24) is 10.6 Å². The van der Waals surface area contributed by atoms with E-state index in [1.807, 2.05) is 6.07 Å². The molecular weight excluding hydrogens is 312 g/mol. The summed E-state index contributed by atoms with van der Waals surface area (Å²) in [5.74, 6) is 2.93. The lowest BCUT2D eigenvalue weighted by molar-refractivity contribution is -0.115. The number of amides is 1. The molecule has 25 heavy (non-hydrogen) atoms. The van der Waals surface area contributed by atoms with Gasteiger partial charge >= 0.3 is 0 Å². The Morgan fingerprint density at radius 2 is 1.92 bits per heavy atom. The molecule has 0 radical (unpaired) electrons. The van der Waals surface area contributed by atoms with Gasteiger partial charge in [-0.1, -0.05) is 41.8 Å². The van der Waals surface area contributed by atoms with Crippen molar-refractivity contribution in [2.45, 2.75) is 13.5 Å². The highest BCUT2D eigenvalue weighted by molar-refractivity contribution is 5.95. The highest BCUT2D eigenvalue weighted by Crippen LogP contribution is 2.09. The summed E-state index contributed by atoms with van der Waals surface area (Å²) >= 11 is 0. The van der Waals surface area contributed by atoms with Crippen LogP contribution in [0, 0.1) is 19.3 Å². The Kier molecular flexibility index (Phi) is 6.61. The van der Waals surface area contributed by atoms with E-state index in [1.165, 1.54) is 5.56 Å². The van der Waals surface area contributed by atoms with Crippen LogP contribution < -0.4 is 16.0 Å². The van der Waals surface area contributed by atoms with Crippen LogP contribution in [0.2, 0.25) is 0 Å². The molecule has 2 rings (SSSR count). The van der Waals surface area contributed by atoms with Gasteiger partial charge in [0.2, 0.25) is 5.91 Å². The number of guanidine groups is 1. The average molecular weight is 334 g/mol. The van der Waals surface area contributed by atoms with E-state index in [-0.39, 0.29) is 12.5 Å². The molecule has 0 aliphatic heterocycles. The Morgan fingerprint density at radius 3 is 2.60 bits per heavy atom. The van der Waals surface area contributed by atoms with Crippen molar-refractivity contribution in [2.24, 2.45) is 4.99 Å². The summed E-state index contributed by atoms with van der Waals surface area (Å²) in [7, 11) is 1.67. The quantitative estimate of drug-likeness (QED) is 0.446. The van der Waals surface area contributed by atoms with Gasteiger partial charge in [-0.05, 0) is 30.7 Å². The smallest absolute Gasteiger partial charge is 0.243 e. The number of carbonyl (C=O) groups is 1. The lowest BCUT2D eigenvalue weighted by atomic mass is 10.1. The number of nitrogens with zero attached hydrogens (tertiary/aromatic N) is 1. The lowest BCUT2D eigenvalue weighted by Crippen LogP contribution is -2.41. The van der Waals surface area contributed by atoms with Crippen molar-refractivity contribution in [2.75, 3.05) is 18.9 Å². The molecule has 5 nitrogen and oxygen atoms in total. The van der Waals surface area contributed by atoms with Crippen LogP contribution in [0.25, 0.3) is 0 Å². The first-order valence-electron chi connectivity index (χ1n) is 7.97. The second kappa shape index (κ2) is 9.14. The zero-order chi connectivity index (χ0) is 18.1. The maximum absolute atomic E-state index is 12.0. The first kappa shape index (κ1) is 18.1. The van der Waals surface area contributed by atoms with E-state index in [4.69, 9.17) is 6.42 Å². The fourth-order valence-electron chi connectivity index (χ4n) is 2.17. The molecule has 5 heteroatoms. The van der Waals surface area contributed by atoms with Crippen LogP contribution in [-0.2, 0) is 11.3 Å². The minimum Gasteiger partial charge on any atom is -0.352 e. The fourth-order valence-corrected chi connectivity index (χ4v) is 2.17. The number of aliphatic imine (C=N–C) groups is 1. The zero-order valence-corrected chi connectivity index (χ0v) is 14.5. The standard InChI is InChI=1S/C20H22N4O/c1-4-16-6-5-7-18(12-16)24-19(25)14-23-20(21-3)22-13-17-10-8-15(2)9-11-17/h1,5-12H,13-14H2,2-3H3,(H,24,25)(H2,21,22,23). The molecule has 0 fully saturated rings. The van der Waals surface area contributed by atoms with Crippen molar-refractivity contribution < 1.29 is 4.79 Å². The number of benzene rings is 2. The molecule has 3 N–H and O–H groups in total. The van der Waals surface area contributed by atoms with Crippen LogP contribution in [0.4, 0.5) is 5.69 Å². The molecule has 2 aromatic rings. The molecule has 0 spiro atoms. The zero-order valence-electron chi connectivity index (χ0n) is 14.5. The van der Waals surface area contributed by atoms with Gasteiger partial charge in [-0.25, -0.2) is 0 Å². The third kappa shape index (κ3) is 6.04. The van der Waals surface area contributed by atoms with Crippen LogP contribution in [-0.4, -0.2) is 25.5 Å². The Hall–Kier alpha value is -3.26. The van der Waals surface area contributed by atoms with Gasteiger partial charge in [0, 0.05) is 24.8 Å². The topological polar surface area (TPSA) is 65.5 Å². The summed E-state index contributed by atoms with van der Waals surface area (Å²) < 4.78 is 0. The van der Waals surface area contributed by atoms with Crippen molar-refractivity contribution >= 4 is 17.6 Å². The van der Waals surface area contributed by atoms with Gasteiger partial charge in [0.15, 0.2) is 5.96 Å². The maximum Gasteiger partial charge on any atom is 0.243 e. The highest BCUT2D eigenvalue weighted by Gasteiger charge is 2.05. The number of rotatable bonds is 5. The minimum absolute atomic E-state index is 0.105. The molecule has 128 valence electrons. The molecule has 0 unspecified atom stereocenters. The Labute approximate surface area is 148 Å². The summed E-state index contributed by atoms with van der Waals surface area (Å²) in [6.45, 7) is 2.79. The largest absolute Gasteiger partial charge is 0.352 e. The average Bonchev–Trinajstić information content (AvgIpc) is 2.63. The highest BCUT2D eigenvalue weighted by atomic mass is 16.1. The Bertz CT molecular complexity index is 788. The Balaban J connectivity index is 1.80. The predicted molar refractivity (Wildman–Crippen MR) is 102 cm³/mol. The summed E-state index contributed by atoms with van der Waals surface area (Å²) in [5.41, 5.74) is 3.76. The third-order valence-electron chi connectivity index (χ3n) is 3.53. The molecule has 0 heterocycles. The molecule has 0 aliphatic rings. The minimum atomic E-state index is -0.174. The van der Waals surface area contributed by atoms with Crippen molar-refractivity contribution in [3.8, 4) is 12.3 Å². The van der Waals surface area contributed by atoms with E-state index in [9.17, 15) is 4.79 Å². The number of nitrogens with one attached hydrogen (secondary N) is 3. The number of terminal acetylenes is 1. The lowest BCUT2D eigenvalue weighted by Gasteiger charge is -2.12. The summed E-state index contributed by atoms with van der Waals surface area (Å²) in [5, 5.41) is 8.96. The van der Waals surface area contributed by atoms with Crippen molar-refractivity contribution in [3.63, 3.8) is 0 Å². The molecule has 0 aliphatic carbocycles. The van der Waals surface area contributed by atoms with E-state index < -0.39 is 0 Å². The number of hydrogen-bond donors (Lipinski definition) is 3. The SMILES string of the molecule is C#Cc1cccc(NC(=O)CNC(=NC)NCc2ccc(C)cc2)c1. The van der Waals surface area contributed by atoms with Crippen LogP contribution in [0.1, 0.15) is 16.7 Å². The summed E-state index contributed by atoms with van der Waals surface area (Å²) in [4.78, 5) is 16.2. The predicted octanol–water partition coefficient (Wildman–Crippen LogP) is 2.28. The van der Waals surface area contributed by atoms with Gasteiger partial charge in [-0.2, -0.15) is 0 Å². The van der Waals surface area contributed by atoms with Crippen LogP contribution in [0.15, 0.2) is 53.5 Å². The van der Waals surface area contributed by atoms with Gasteiger partial charge < -0.3 is 16.0 Å². The molecule has 0 bridgehead atoms. The maximum atomic E-state index is 12.0. The molecule has 0 atom stereocenters. The van der Waals surface area contributed by atoms with Crippen LogP contribution in [0.5, 0.6) is 0 Å². The summed E-state index contributed by atoms with van der Waals surface area (Å²) in [6, 6.07) is 15.4. The van der Waals surface area contributed by atoms with Gasteiger partial charge in [0.05, 0.1) is 6.54 Å². The number of carbonyl (C=O) groups excluding carboxylic acids is 1. The van der Waals surface area contributed by atoms with Gasteiger partial charge in [-0.3, -0.25) is 9.79 Å². The first-order chi connectivity index (χ1) is 12.1. The Morgan fingerprint density at radius 1 is 1.16 bits per heavy atom. The number of aryl methyl sites for hydroxylation is 1.